The van der Waals surface area contributed by atoms with Gasteiger partial charge < -0.3 is 10.1 Å². The smallest absolute Gasteiger partial charge is 0.311 e. The van der Waals surface area contributed by atoms with Gasteiger partial charge in [-0.2, -0.15) is 0 Å². The van der Waals surface area contributed by atoms with Crippen molar-refractivity contribution in [1.82, 2.24) is 5.32 Å². The first kappa shape index (κ1) is 14.8. The number of ether oxygens (including phenoxy) is 1. The normalized spacial score (nSPS) is 27.2. The molecule has 0 unspecified atom stereocenters. The molecule has 1 aliphatic heterocycles. The first-order valence-electron chi connectivity index (χ1n) is 7.90. The lowest BCUT2D eigenvalue weighted by Gasteiger charge is -2.35. The SMILES string of the molecule is CC(C)(C)C(=O)O[C@@H](C1CCCCC1)[C@H]1CCNC1. The molecule has 0 aromatic rings. The molecule has 2 fully saturated rings. The van der Waals surface area contributed by atoms with Gasteiger partial charge in [-0.3, -0.25) is 4.79 Å². The van der Waals surface area contributed by atoms with E-state index in [0.29, 0.717) is 11.8 Å². The number of rotatable bonds is 3. The molecule has 2 aliphatic rings. The van der Waals surface area contributed by atoms with Gasteiger partial charge in [-0.1, -0.05) is 19.3 Å². The number of nitrogens with one attached hydrogen (secondary N) is 1. The van der Waals surface area contributed by atoms with Crippen LogP contribution in [0.15, 0.2) is 0 Å². The Morgan fingerprint density at radius 3 is 2.32 bits per heavy atom. The van der Waals surface area contributed by atoms with Crippen LogP contribution >= 0.6 is 0 Å². The molecule has 19 heavy (non-hydrogen) atoms. The third-order valence-electron chi connectivity index (χ3n) is 4.53. The van der Waals surface area contributed by atoms with Gasteiger partial charge in [0.05, 0.1) is 5.41 Å². The molecule has 0 aromatic carbocycles. The molecular weight excluding hydrogens is 238 g/mol. The largest absolute Gasteiger partial charge is 0.461 e. The van der Waals surface area contributed by atoms with E-state index in [0.717, 1.165) is 19.5 Å². The molecule has 1 N–H and O–H groups in total. The fraction of sp³-hybridized carbons (Fsp3) is 0.938. The summed E-state index contributed by atoms with van der Waals surface area (Å²) < 4.78 is 5.96. The van der Waals surface area contributed by atoms with Crippen LogP contribution in [0.1, 0.15) is 59.3 Å². The highest BCUT2D eigenvalue weighted by molar-refractivity contribution is 5.75. The first-order valence-corrected chi connectivity index (χ1v) is 7.90. The predicted molar refractivity (Wildman–Crippen MR) is 76.9 cm³/mol. The highest BCUT2D eigenvalue weighted by Gasteiger charge is 2.37. The Hall–Kier alpha value is -0.570. The Morgan fingerprint density at radius 1 is 1.11 bits per heavy atom. The molecule has 0 aromatic heterocycles. The van der Waals surface area contributed by atoms with Gasteiger partial charge in [0, 0.05) is 12.5 Å². The van der Waals surface area contributed by atoms with Gasteiger partial charge in [0.2, 0.25) is 0 Å². The molecule has 1 aliphatic carbocycles. The van der Waals surface area contributed by atoms with Crippen molar-refractivity contribution in [2.24, 2.45) is 17.3 Å². The molecule has 1 saturated carbocycles. The zero-order valence-corrected chi connectivity index (χ0v) is 12.7. The van der Waals surface area contributed by atoms with E-state index in [2.05, 4.69) is 5.32 Å². The first-order chi connectivity index (χ1) is 8.98. The summed E-state index contributed by atoms with van der Waals surface area (Å²) in [6.45, 7) is 7.92. The van der Waals surface area contributed by atoms with Crippen molar-refractivity contribution >= 4 is 5.97 Å². The maximum Gasteiger partial charge on any atom is 0.311 e. The van der Waals surface area contributed by atoms with Gasteiger partial charge in [0.25, 0.3) is 0 Å². The van der Waals surface area contributed by atoms with Crippen molar-refractivity contribution in [3.05, 3.63) is 0 Å². The van der Waals surface area contributed by atoms with E-state index in [9.17, 15) is 4.79 Å². The van der Waals surface area contributed by atoms with E-state index >= 15 is 0 Å². The van der Waals surface area contributed by atoms with Gasteiger partial charge >= 0.3 is 5.97 Å². The third-order valence-corrected chi connectivity index (χ3v) is 4.53. The topological polar surface area (TPSA) is 38.3 Å². The number of hydrogen-bond donors (Lipinski definition) is 1. The molecule has 0 amide bonds. The standard InChI is InChI=1S/C16H29NO2/c1-16(2,3)15(18)19-14(13-9-10-17-11-13)12-7-5-4-6-8-12/h12-14,17H,4-11H2,1-3H3/t13-,14-/m0/s1. The summed E-state index contributed by atoms with van der Waals surface area (Å²) in [7, 11) is 0. The summed E-state index contributed by atoms with van der Waals surface area (Å²) >= 11 is 0. The minimum Gasteiger partial charge on any atom is -0.461 e. The van der Waals surface area contributed by atoms with Gasteiger partial charge in [-0.25, -0.2) is 0 Å². The predicted octanol–water partition coefficient (Wildman–Crippen LogP) is 3.13. The van der Waals surface area contributed by atoms with Crippen LogP contribution in [0.3, 0.4) is 0 Å². The minimum absolute atomic E-state index is 0.0324. The average molecular weight is 267 g/mol. The van der Waals surface area contributed by atoms with Crippen molar-refractivity contribution in [1.29, 1.82) is 0 Å². The van der Waals surface area contributed by atoms with E-state index in [1.165, 1.54) is 32.1 Å². The van der Waals surface area contributed by atoms with E-state index in [4.69, 9.17) is 4.74 Å². The second kappa shape index (κ2) is 6.25. The summed E-state index contributed by atoms with van der Waals surface area (Å²) in [6.07, 6.45) is 7.71. The summed E-state index contributed by atoms with van der Waals surface area (Å²) in [5.41, 5.74) is -0.390. The van der Waals surface area contributed by atoms with Crippen LogP contribution in [0.2, 0.25) is 0 Å². The van der Waals surface area contributed by atoms with Crippen LogP contribution in [0.5, 0.6) is 0 Å². The quantitative estimate of drug-likeness (QED) is 0.798. The molecule has 2 atom stereocenters. The molecule has 0 spiro atoms. The van der Waals surface area contributed by atoms with Crippen LogP contribution in [0.25, 0.3) is 0 Å². The lowest BCUT2D eigenvalue weighted by Crippen LogP contribution is -2.39. The molecule has 1 saturated heterocycles. The van der Waals surface area contributed by atoms with Crippen LogP contribution in [0.4, 0.5) is 0 Å². The molecule has 0 radical (unpaired) electrons. The van der Waals surface area contributed by atoms with Crippen LogP contribution in [-0.2, 0) is 9.53 Å². The number of carbonyl (C=O) groups excluding carboxylic acids is 1. The summed E-state index contributed by atoms with van der Waals surface area (Å²) in [5.74, 6) is 1.08. The lowest BCUT2D eigenvalue weighted by atomic mass is 9.79. The average Bonchev–Trinajstić information content (AvgIpc) is 2.89. The second-order valence-corrected chi connectivity index (χ2v) is 7.27. The summed E-state index contributed by atoms with van der Waals surface area (Å²) in [5, 5.41) is 3.41. The number of esters is 1. The Bertz CT molecular complexity index is 296. The fourth-order valence-corrected chi connectivity index (χ4v) is 3.30. The Kier molecular flexibility index (Phi) is 4.88. The summed E-state index contributed by atoms with van der Waals surface area (Å²) in [4.78, 5) is 12.2. The van der Waals surface area contributed by atoms with Crippen molar-refractivity contribution in [3.8, 4) is 0 Å². The van der Waals surface area contributed by atoms with Crippen molar-refractivity contribution < 1.29 is 9.53 Å². The van der Waals surface area contributed by atoms with Crippen molar-refractivity contribution in [2.45, 2.75) is 65.4 Å². The van der Waals surface area contributed by atoms with Gasteiger partial charge in [0.1, 0.15) is 6.10 Å². The van der Waals surface area contributed by atoms with Crippen LogP contribution in [0, 0.1) is 17.3 Å². The highest BCUT2D eigenvalue weighted by Crippen LogP contribution is 2.34. The van der Waals surface area contributed by atoms with E-state index in [1.807, 2.05) is 20.8 Å². The molecule has 0 bridgehead atoms. The van der Waals surface area contributed by atoms with E-state index in [-0.39, 0.29) is 17.5 Å². The second-order valence-electron chi connectivity index (χ2n) is 7.27. The maximum absolute atomic E-state index is 12.2. The Morgan fingerprint density at radius 2 is 1.79 bits per heavy atom. The van der Waals surface area contributed by atoms with Gasteiger partial charge in [-0.05, 0) is 52.5 Å². The minimum atomic E-state index is -0.390. The summed E-state index contributed by atoms with van der Waals surface area (Å²) in [6, 6.07) is 0. The van der Waals surface area contributed by atoms with Crippen molar-refractivity contribution in [2.75, 3.05) is 13.1 Å². The van der Waals surface area contributed by atoms with Crippen LogP contribution < -0.4 is 5.32 Å². The molecule has 3 nitrogen and oxygen atoms in total. The third kappa shape index (κ3) is 3.95. The monoisotopic (exact) mass is 267 g/mol. The lowest BCUT2D eigenvalue weighted by molar-refractivity contribution is -0.165. The number of hydrogen-bond acceptors (Lipinski definition) is 3. The molecule has 3 heteroatoms. The molecule has 110 valence electrons. The van der Waals surface area contributed by atoms with E-state index in [1.54, 1.807) is 0 Å². The Balaban J connectivity index is 2.02. The molecule has 2 rings (SSSR count). The van der Waals surface area contributed by atoms with Crippen molar-refractivity contribution in [3.63, 3.8) is 0 Å². The van der Waals surface area contributed by atoms with Crippen LogP contribution in [-0.4, -0.2) is 25.2 Å². The zero-order chi connectivity index (χ0) is 13.9. The van der Waals surface area contributed by atoms with Gasteiger partial charge in [-0.15, -0.1) is 0 Å². The molecular formula is C16H29NO2. The van der Waals surface area contributed by atoms with E-state index < -0.39 is 0 Å². The zero-order valence-electron chi connectivity index (χ0n) is 12.7. The number of carbonyl (C=O) groups is 1. The highest BCUT2D eigenvalue weighted by atomic mass is 16.5. The molecule has 1 heterocycles. The van der Waals surface area contributed by atoms with Gasteiger partial charge in [0.15, 0.2) is 0 Å². The Labute approximate surface area is 117 Å². The maximum atomic E-state index is 12.2. The fourth-order valence-electron chi connectivity index (χ4n) is 3.30.